The molecule has 1 aliphatic heterocycles. The molecule has 20 heavy (non-hydrogen) atoms. The van der Waals surface area contributed by atoms with Crippen LogP contribution in [0.4, 0.5) is 0 Å². The Bertz CT molecular complexity index is 577. The average molecular weight is 425 g/mol. The van der Waals surface area contributed by atoms with Crippen LogP contribution in [-0.4, -0.2) is 27.5 Å². The highest BCUT2D eigenvalue weighted by Crippen LogP contribution is 2.35. The molecule has 0 aliphatic carbocycles. The van der Waals surface area contributed by atoms with E-state index in [9.17, 15) is 8.42 Å². The van der Waals surface area contributed by atoms with Crippen LogP contribution in [-0.2, 0) is 10.0 Å². The second kappa shape index (κ2) is 7.63. The van der Waals surface area contributed by atoms with Crippen LogP contribution in [0, 0.1) is 0 Å². The molecule has 1 aliphatic rings. The van der Waals surface area contributed by atoms with Gasteiger partial charge in [-0.05, 0) is 54.0 Å². The molecule has 0 atom stereocenters. The molecule has 0 amide bonds. The van der Waals surface area contributed by atoms with E-state index >= 15 is 0 Å². The smallest absolute Gasteiger partial charge is 0.242 e. The third-order valence-corrected chi connectivity index (χ3v) is 6.40. The Balaban J connectivity index is 0.00000200. The van der Waals surface area contributed by atoms with Crippen molar-refractivity contribution in [3.63, 3.8) is 0 Å². The van der Waals surface area contributed by atoms with Crippen molar-refractivity contribution < 1.29 is 8.42 Å². The van der Waals surface area contributed by atoms with Gasteiger partial charge in [0.05, 0.1) is 10.0 Å². The van der Waals surface area contributed by atoms with Gasteiger partial charge in [0.2, 0.25) is 10.0 Å². The Labute approximate surface area is 143 Å². The first-order valence-corrected chi connectivity index (χ1v) is 8.81. The summed E-state index contributed by atoms with van der Waals surface area (Å²) in [5.41, 5.74) is 0. The van der Waals surface area contributed by atoms with Gasteiger partial charge in [-0.3, -0.25) is 0 Å². The van der Waals surface area contributed by atoms with E-state index in [0.29, 0.717) is 4.47 Å². The van der Waals surface area contributed by atoms with E-state index in [1.807, 2.05) is 0 Å². The van der Waals surface area contributed by atoms with Gasteiger partial charge in [0, 0.05) is 10.5 Å². The molecular weight excluding hydrogens is 410 g/mol. The normalized spacial score (nSPS) is 16.8. The second-order valence-electron chi connectivity index (χ2n) is 4.32. The molecular formula is C11H14BrCl3N2O2S. The largest absolute Gasteiger partial charge is 0.317 e. The number of halogens is 4. The van der Waals surface area contributed by atoms with Crippen molar-refractivity contribution in [3.05, 3.63) is 26.7 Å². The van der Waals surface area contributed by atoms with Crippen molar-refractivity contribution in [2.24, 2.45) is 0 Å². The molecule has 1 aromatic carbocycles. The van der Waals surface area contributed by atoms with Gasteiger partial charge < -0.3 is 5.32 Å². The number of sulfonamides is 1. The maximum Gasteiger partial charge on any atom is 0.242 e. The van der Waals surface area contributed by atoms with Gasteiger partial charge in [-0.25, -0.2) is 13.1 Å². The van der Waals surface area contributed by atoms with Crippen LogP contribution >= 0.6 is 51.5 Å². The van der Waals surface area contributed by atoms with Crippen molar-refractivity contribution in [2.45, 2.75) is 23.8 Å². The lowest BCUT2D eigenvalue weighted by Gasteiger charge is -2.23. The lowest BCUT2D eigenvalue weighted by molar-refractivity contribution is 0.427. The Kier molecular flexibility index (Phi) is 7.05. The third-order valence-electron chi connectivity index (χ3n) is 2.95. The molecule has 1 aromatic rings. The van der Waals surface area contributed by atoms with Crippen LogP contribution in [0.5, 0.6) is 0 Å². The summed E-state index contributed by atoms with van der Waals surface area (Å²) in [5.74, 6) is 0. The van der Waals surface area contributed by atoms with Crippen molar-refractivity contribution in [3.8, 4) is 0 Å². The van der Waals surface area contributed by atoms with Crippen molar-refractivity contribution in [1.29, 1.82) is 0 Å². The fraction of sp³-hybridized carbons (Fsp3) is 0.455. The summed E-state index contributed by atoms with van der Waals surface area (Å²) in [4.78, 5) is 0.0147. The topological polar surface area (TPSA) is 58.2 Å². The Morgan fingerprint density at radius 2 is 1.80 bits per heavy atom. The first-order valence-electron chi connectivity index (χ1n) is 5.78. The molecule has 0 unspecified atom stereocenters. The third kappa shape index (κ3) is 4.22. The minimum atomic E-state index is -3.64. The molecule has 2 N–H and O–H groups in total. The Hall–Kier alpha value is 0.440. The van der Waals surface area contributed by atoms with E-state index in [4.69, 9.17) is 23.2 Å². The lowest BCUT2D eigenvalue weighted by atomic mass is 10.1. The molecule has 9 heteroatoms. The van der Waals surface area contributed by atoms with Gasteiger partial charge in [0.25, 0.3) is 0 Å². The first-order chi connectivity index (χ1) is 8.92. The number of hydrogen-bond acceptors (Lipinski definition) is 3. The van der Waals surface area contributed by atoms with Gasteiger partial charge in [-0.1, -0.05) is 23.2 Å². The van der Waals surface area contributed by atoms with Gasteiger partial charge in [0.1, 0.15) is 4.90 Å². The predicted molar refractivity (Wildman–Crippen MR) is 87.6 cm³/mol. The zero-order valence-corrected chi connectivity index (χ0v) is 15.1. The summed E-state index contributed by atoms with van der Waals surface area (Å²) in [6.45, 7) is 1.62. The maximum absolute atomic E-state index is 12.3. The number of benzene rings is 1. The minimum absolute atomic E-state index is 0. The number of hydrogen-bond donors (Lipinski definition) is 2. The van der Waals surface area contributed by atoms with Crippen molar-refractivity contribution in [1.82, 2.24) is 10.0 Å². The summed E-state index contributed by atoms with van der Waals surface area (Å²) in [7, 11) is -3.64. The summed E-state index contributed by atoms with van der Waals surface area (Å²) < 4.78 is 27.8. The predicted octanol–water partition coefficient (Wildman–Crippen LogP) is 3.21. The molecule has 4 nitrogen and oxygen atoms in total. The fourth-order valence-corrected chi connectivity index (χ4v) is 4.46. The van der Waals surface area contributed by atoms with Gasteiger partial charge in [-0.2, -0.15) is 0 Å². The van der Waals surface area contributed by atoms with Gasteiger partial charge in [0.15, 0.2) is 0 Å². The van der Waals surface area contributed by atoms with Gasteiger partial charge >= 0.3 is 0 Å². The number of rotatable bonds is 3. The molecule has 0 saturated carbocycles. The van der Waals surface area contributed by atoms with Gasteiger partial charge in [-0.15, -0.1) is 12.4 Å². The van der Waals surface area contributed by atoms with Crippen LogP contribution in [0.2, 0.25) is 10.0 Å². The van der Waals surface area contributed by atoms with Crippen molar-refractivity contribution in [2.75, 3.05) is 13.1 Å². The monoisotopic (exact) mass is 422 g/mol. The highest BCUT2D eigenvalue weighted by molar-refractivity contribution is 9.10. The Morgan fingerprint density at radius 3 is 2.40 bits per heavy atom. The number of piperidine rings is 1. The van der Waals surface area contributed by atoms with E-state index < -0.39 is 10.0 Å². The molecule has 0 aromatic heterocycles. The van der Waals surface area contributed by atoms with E-state index in [1.165, 1.54) is 6.07 Å². The molecule has 1 fully saturated rings. The summed E-state index contributed by atoms with van der Waals surface area (Å²) in [5, 5.41) is 3.42. The van der Waals surface area contributed by atoms with Crippen LogP contribution in [0.25, 0.3) is 0 Å². The zero-order valence-electron chi connectivity index (χ0n) is 10.3. The first kappa shape index (κ1) is 18.5. The van der Waals surface area contributed by atoms with E-state index in [1.54, 1.807) is 6.07 Å². The average Bonchev–Trinajstić information content (AvgIpc) is 2.36. The maximum atomic E-state index is 12.3. The summed E-state index contributed by atoms with van der Waals surface area (Å²) in [6, 6.07) is 2.96. The Morgan fingerprint density at radius 1 is 1.20 bits per heavy atom. The number of nitrogens with one attached hydrogen (secondary N) is 2. The molecule has 1 heterocycles. The van der Waals surface area contributed by atoms with E-state index in [-0.39, 0.29) is 33.4 Å². The molecule has 0 bridgehead atoms. The molecule has 1 saturated heterocycles. The van der Waals surface area contributed by atoms with Crippen molar-refractivity contribution >= 4 is 61.6 Å². The van der Waals surface area contributed by atoms with Crippen LogP contribution in [0.1, 0.15) is 12.8 Å². The fourth-order valence-electron chi connectivity index (χ4n) is 1.94. The second-order valence-corrected chi connectivity index (χ2v) is 7.61. The quantitative estimate of drug-likeness (QED) is 0.733. The SMILES string of the molecule is Cl.O=S(=O)(NC1CCNCC1)c1ccc(Br)c(Cl)c1Cl. The molecule has 2 rings (SSSR count). The van der Waals surface area contributed by atoms with Crippen LogP contribution < -0.4 is 10.0 Å². The minimum Gasteiger partial charge on any atom is -0.317 e. The van der Waals surface area contributed by atoms with E-state index in [0.717, 1.165) is 25.9 Å². The molecule has 0 radical (unpaired) electrons. The standard InChI is InChI=1S/C11H13BrCl2N2O2S.ClH/c12-8-1-2-9(11(14)10(8)13)19(17,18)16-7-3-5-15-6-4-7;/h1-2,7,15-16H,3-6H2;1H. The highest BCUT2D eigenvalue weighted by atomic mass is 79.9. The molecule has 114 valence electrons. The zero-order chi connectivity index (χ0) is 14.0. The summed E-state index contributed by atoms with van der Waals surface area (Å²) in [6.07, 6.45) is 1.53. The summed E-state index contributed by atoms with van der Waals surface area (Å²) >= 11 is 15.2. The van der Waals surface area contributed by atoms with Crippen LogP contribution in [0.15, 0.2) is 21.5 Å². The molecule has 0 spiro atoms. The lowest BCUT2D eigenvalue weighted by Crippen LogP contribution is -2.42. The van der Waals surface area contributed by atoms with Crippen LogP contribution in [0.3, 0.4) is 0 Å². The highest BCUT2D eigenvalue weighted by Gasteiger charge is 2.25. The van der Waals surface area contributed by atoms with E-state index in [2.05, 4.69) is 26.0 Å².